The molecule has 1 unspecified atom stereocenters. The molecule has 0 fully saturated rings. The van der Waals surface area contributed by atoms with Gasteiger partial charge in [0.15, 0.2) is 0 Å². The predicted molar refractivity (Wildman–Crippen MR) is 91.9 cm³/mol. The minimum atomic E-state index is 0.288. The third-order valence-electron chi connectivity index (χ3n) is 4.16. The molecule has 0 saturated heterocycles. The summed E-state index contributed by atoms with van der Waals surface area (Å²) in [4.78, 5) is 0. The van der Waals surface area contributed by atoms with Crippen molar-refractivity contribution in [3.63, 3.8) is 0 Å². The molecule has 0 amide bonds. The third-order valence-corrected chi connectivity index (χ3v) is 4.16. The molecule has 0 spiro atoms. The van der Waals surface area contributed by atoms with Crippen LogP contribution in [-0.4, -0.2) is 6.54 Å². The molecule has 0 aromatic heterocycles. The van der Waals surface area contributed by atoms with Crippen molar-refractivity contribution in [1.82, 2.24) is 5.32 Å². The van der Waals surface area contributed by atoms with E-state index in [1.165, 1.54) is 27.8 Å². The van der Waals surface area contributed by atoms with Gasteiger partial charge in [-0.15, -0.1) is 0 Å². The lowest BCUT2D eigenvalue weighted by molar-refractivity contribution is 0.598. The summed E-state index contributed by atoms with van der Waals surface area (Å²) in [5.41, 5.74) is 6.85. The van der Waals surface area contributed by atoms with Crippen LogP contribution >= 0.6 is 0 Å². The zero-order valence-corrected chi connectivity index (χ0v) is 13.7. The van der Waals surface area contributed by atoms with Crippen LogP contribution < -0.4 is 5.32 Å². The fraction of sp³-hybridized carbons (Fsp3) is 0.400. The number of hydrogen-bond acceptors (Lipinski definition) is 1. The van der Waals surface area contributed by atoms with Gasteiger partial charge in [0.1, 0.15) is 0 Å². The van der Waals surface area contributed by atoms with Crippen LogP contribution in [0.4, 0.5) is 0 Å². The van der Waals surface area contributed by atoms with Gasteiger partial charge in [0.05, 0.1) is 6.04 Å². The van der Waals surface area contributed by atoms with Crippen LogP contribution in [0.3, 0.4) is 0 Å². The molecule has 0 aliphatic carbocycles. The van der Waals surface area contributed by atoms with E-state index in [9.17, 15) is 0 Å². The van der Waals surface area contributed by atoms with Gasteiger partial charge >= 0.3 is 0 Å². The fourth-order valence-corrected chi connectivity index (χ4v) is 2.65. The van der Waals surface area contributed by atoms with Crippen LogP contribution in [0.1, 0.15) is 54.1 Å². The van der Waals surface area contributed by atoms with E-state index in [0.29, 0.717) is 0 Å². The maximum absolute atomic E-state index is 3.70. The van der Waals surface area contributed by atoms with Gasteiger partial charge in [0, 0.05) is 0 Å². The fourth-order valence-electron chi connectivity index (χ4n) is 2.65. The summed E-state index contributed by atoms with van der Waals surface area (Å²) in [5, 5.41) is 3.70. The molecule has 1 N–H and O–H groups in total. The summed E-state index contributed by atoms with van der Waals surface area (Å²) >= 11 is 0. The molecule has 112 valence electrons. The summed E-state index contributed by atoms with van der Waals surface area (Å²) in [6.45, 7) is 9.83. The van der Waals surface area contributed by atoms with Gasteiger partial charge in [-0.1, -0.05) is 56.3 Å². The number of hydrogen-bond donors (Lipinski definition) is 1. The first-order valence-corrected chi connectivity index (χ1v) is 8.05. The summed E-state index contributed by atoms with van der Waals surface area (Å²) < 4.78 is 0. The predicted octanol–water partition coefficient (Wildman–Crippen LogP) is 4.95. The largest absolute Gasteiger partial charge is 0.306 e. The Bertz CT molecular complexity index is 586. The lowest BCUT2D eigenvalue weighted by atomic mass is 9.94. The highest BCUT2D eigenvalue weighted by Gasteiger charge is 2.14. The average molecular weight is 281 g/mol. The molecule has 0 aliphatic heterocycles. The molecule has 0 bridgehead atoms. The molecule has 0 heterocycles. The molecule has 2 aromatic rings. The van der Waals surface area contributed by atoms with Crippen LogP contribution in [0.25, 0.3) is 0 Å². The Kier molecular flexibility index (Phi) is 5.58. The summed E-state index contributed by atoms with van der Waals surface area (Å²) in [6, 6.07) is 16.1. The Morgan fingerprint density at radius 3 is 2.33 bits per heavy atom. The Balaban J connectivity index is 2.38. The van der Waals surface area contributed by atoms with Gasteiger partial charge in [0.25, 0.3) is 0 Å². The summed E-state index contributed by atoms with van der Waals surface area (Å²) in [6.07, 6.45) is 2.23. The minimum Gasteiger partial charge on any atom is -0.306 e. The van der Waals surface area contributed by atoms with Crippen molar-refractivity contribution in [2.45, 2.75) is 46.6 Å². The highest BCUT2D eigenvalue weighted by Crippen LogP contribution is 2.25. The first-order chi connectivity index (χ1) is 10.2. The van der Waals surface area contributed by atoms with Gasteiger partial charge in [-0.2, -0.15) is 0 Å². The molecule has 0 aliphatic rings. The Morgan fingerprint density at radius 1 is 0.905 bits per heavy atom. The smallest absolute Gasteiger partial charge is 0.0576 e. The molecule has 1 heteroatoms. The quantitative estimate of drug-likeness (QED) is 0.789. The number of rotatable bonds is 6. The van der Waals surface area contributed by atoms with Crippen molar-refractivity contribution in [3.8, 4) is 0 Å². The van der Waals surface area contributed by atoms with Crippen LogP contribution in [0.15, 0.2) is 42.5 Å². The van der Waals surface area contributed by atoms with Crippen molar-refractivity contribution < 1.29 is 0 Å². The maximum Gasteiger partial charge on any atom is 0.0576 e. The van der Waals surface area contributed by atoms with Crippen molar-refractivity contribution in [1.29, 1.82) is 0 Å². The van der Waals surface area contributed by atoms with E-state index in [1.807, 2.05) is 0 Å². The Labute approximate surface area is 129 Å². The third kappa shape index (κ3) is 3.95. The second-order valence-electron chi connectivity index (χ2n) is 5.83. The molecule has 21 heavy (non-hydrogen) atoms. The van der Waals surface area contributed by atoms with Gasteiger partial charge in [0.2, 0.25) is 0 Å². The van der Waals surface area contributed by atoms with Crippen LogP contribution in [0.5, 0.6) is 0 Å². The van der Waals surface area contributed by atoms with Crippen molar-refractivity contribution in [3.05, 3.63) is 70.3 Å². The minimum absolute atomic E-state index is 0.288. The molecule has 1 nitrogen and oxygen atoms in total. The zero-order chi connectivity index (χ0) is 15.2. The van der Waals surface area contributed by atoms with Crippen molar-refractivity contribution in [2.75, 3.05) is 6.54 Å². The molecule has 2 rings (SSSR count). The van der Waals surface area contributed by atoms with Gasteiger partial charge in [-0.25, -0.2) is 0 Å². The van der Waals surface area contributed by atoms with E-state index < -0.39 is 0 Å². The summed E-state index contributed by atoms with van der Waals surface area (Å²) in [7, 11) is 0. The molecular weight excluding hydrogens is 254 g/mol. The molecule has 0 radical (unpaired) electrons. The molecular formula is C20H27N. The van der Waals surface area contributed by atoms with Crippen LogP contribution in [-0.2, 0) is 6.42 Å². The van der Waals surface area contributed by atoms with Gasteiger partial charge in [-0.3, -0.25) is 0 Å². The zero-order valence-electron chi connectivity index (χ0n) is 13.7. The lowest BCUT2D eigenvalue weighted by Gasteiger charge is -2.21. The maximum atomic E-state index is 3.70. The van der Waals surface area contributed by atoms with E-state index in [2.05, 4.69) is 75.5 Å². The van der Waals surface area contributed by atoms with Crippen molar-refractivity contribution in [2.24, 2.45) is 0 Å². The van der Waals surface area contributed by atoms with Crippen LogP contribution in [0.2, 0.25) is 0 Å². The monoisotopic (exact) mass is 281 g/mol. The molecule has 2 aromatic carbocycles. The van der Waals surface area contributed by atoms with E-state index in [0.717, 1.165) is 19.4 Å². The average Bonchev–Trinajstić information content (AvgIpc) is 2.51. The second-order valence-corrected chi connectivity index (χ2v) is 5.83. The number of benzene rings is 2. The molecule has 0 saturated carbocycles. The highest BCUT2D eigenvalue weighted by molar-refractivity contribution is 5.38. The van der Waals surface area contributed by atoms with E-state index in [1.54, 1.807) is 0 Å². The second kappa shape index (κ2) is 7.42. The first kappa shape index (κ1) is 15.8. The first-order valence-electron chi connectivity index (χ1n) is 8.05. The molecule has 1 atom stereocenters. The van der Waals surface area contributed by atoms with Crippen molar-refractivity contribution >= 4 is 0 Å². The highest BCUT2D eigenvalue weighted by atomic mass is 14.9. The Morgan fingerprint density at radius 2 is 1.67 bits per heavy atom. The van der Waals surface area contributed by atoms with Gasteiger partial charge < -0.3 is 5.32 Å². The van der Waals surface area contributed by atoms with E-state index in [4.69, 9.17) is 0 Å². The lowest BCUT2D eigenvalue weighted by Crippen LogP contribution is -2.23. The normalized spacial score (nSPS) is 12.4. The Hall–Kier alpha value is -1.60. The SMILES string of the molecule is CCCNC(c1cccc(CC)c1)c1ccc(C)c(C)c1. The van der Waals surface area contributed by atoms with E-state index >= 15 is 0 Å². The summed E-state index contributed by atoms with van der Waals surface area (Å²) in [5.74, 6) is 0. The van der Waals surface area contributed by atoms with Gasteiger partial charge in [-0.05, 0) is 61.1 Å². The standard InChI is InChI=1S/C20H27N/c1-5-12-21-20(18-9-7-8-17(6-2)14-18)19-11-10-15(3)16(4)13-19/h7-11,13-14,20-21H,5-6,12H2,1-4H3. The topological polar surface area (TPSA) is 12.0 Å². The number of nitrogens with one attached hydrogen (secondary N) is 1. The number of aryl methyl sites for hydroxylation is 3. The van der Waals surface area contributed by atoms with E-state index in [-0.39, 0.29) is 6.04 Å². The van der Waals surface area contributed by atoms with Crippen LogP contribution in [0, 0.1) is 13.8 Å².